The third kappa shape index (κ3) is 4.00. The second-order valence-electron chi connectivity index (χ2n) is 6.84. The van der Waals surface area contributed by atoms with Crippen LogP contribution in [0.5, 0.6) is 5.75 Å². The van der Waals surface area contributed by atoms with E-state index in [1.165, 1.54) is 43.2 Å². The van der Waals surface area contributed by atoms with E-state index >= 15 is 0 Å². The number of likely N-dealkylation sites (N-methyl/N-ethyl adjacent to an activating group) is 1. The molecule has 1 fully saturated rings. The Morgan fingerprint density at radius 3 is 2.57 bits per heavy atom. The summed E-state index contributed by atoms with van der Waals surface area (Å²) >= 11 is 0. The van der Waals surface area contributed by atoms with Crippen LogP contribution in [0.15, 0.2) is 18.2 Å². The molecule has 0 aliphatic heterocycles. The summed E-state index contributed by atoms with van der Waals surface area (Å²) in [6.45, 7) is 7.89. The second-order valence-corrected chi connectivity index (χ2v) is 6.84. The van der Waals surface area contributed by atoms with Gasteiger partial charge in [-0.2, -0.15) is 0 Å². The largest absolute Gasteiger partial charge is 0.496 e. The van der Waals surface area contributed by atoms with Crippen LogP contribution in [0.3, 0.4) is 0 Å². The fraction of sp³-hybridized carbons (Fsp3) is 0.684. The van der Waals surface area contributed by atoms with Crippen LogP contribution in [0.2, 0.25) is 0 Å². The minimum atomic E-state index is 0.420. The SMILES string of the molecule is CCNC(Cc1cc(C)ccc1OC)C1(C)CCCCC1. The number of aryl methyl sites for hydroxylation is 1. The Labute approximate surface area is 130 Å². The molecule has 1 saturated carbocycles. The number of hydrogen-bond acceptors (Lipinski definition) is 2. The van der Waals surface area contributed by atoms with Crippen LogP contribution in [-0.4, -0.2) is 19.7 Å². The van der Waals surface area contributed by atoms with Gasteiger partial charge in [-0.05, 0) is 49.8 Å². The molecule has 1 aliphatic carbocycles. The lowest BCUT2D eigenvalue weighted by Crippen LogP contribution is -2.46. The van der Waals surface area contributed by atoms with Crippen LogP contribution < -0.4 is 10.1 Å². The maximum Gasteiger partial charge on any atom is 0.122 e. The van der Waals surface area contributed by atoms with E-state index in [4.69, 9.17) is 4.74 Å². The van der Waals surface area contributed by atoms with Crippen molar-refractivity contribution in [3.05, 3.63) is 29.3 Å². The number of nitrogens with one attached hydrogen (secondary N) is 1. The predicted molar refractivity (Wildman–Crippen MR) is 90.1 cm³/mol. The summed E-state index contributed by atoms with van der Waals surface area (Å²) in [7, 11) is 1.78. The van der Waals surface area contributed by atoms with Gasteiger partial charge >= 0.3 is 0 Å². The maximum absolute atomic E-state index is 5.57. The normalized spacial score (nSPS) is 19.2. The molecule has 1 aliphatic rings. The van der Waals surface area contributed by atoms with E-state index in [2.05, 4.69) is 44.3 Å². The molecule has 0 amide bonds. The Morgan fingerprint density at radius 1 is 1.24 bits per heavy atom. The highest BCUT2D eigenvalue weighted by Gasteiger charge is 2.35. The molecule has 2 nitrogen and oxygen atoms in total. The number of ether oxygens (including phenoxy) is 1. The summed E-state index contributed by atoms with van der Waals surface area (Å²) < 4.78 is 5.57. The number of benzene rings is 1. The van der Waals surface area contributed by atoms with Crippen molar-refractivity contribution >= 4 is 0 Å². The van der Waals surface area contributed by atoms with Crippen LogP contribution in [0.4, 0.5) is 0 Å². The first-order valence-corrected chi connectivity index (χ1v) is 8.46. The molecule has 2 heteroatoms. The molecular formula is C19H31NO. The van der Waals surface area contributed by atoms with Gasteiger partial charge < -0.3 is 10.1 Å². The smallest absolute Gasteiger partial charge is 0.122 e. The van der Waals surface area contributed by atoms with E-state index in [1.54, 1.807) is 7.11 Å². The van der Waals surface area contributed by atoms with E-state index in [0.717, 1.165) is 18.7 Å². The van der Waals surface area contributed by atoms with Gasteiger partial charge in [0, 0.05) is 6.04 Å². The van der Waals surface area contributed by atoms with Gasteiger partial charge in [0.15, 0.2) is 0 Å². The van der Waals surface area contributed by atoms with Crippen molar-refractivity contribution in [2.24, 2.45) is 5.41 Å². The van der Waals surface area contributed by atoms with E-state index < -0.39 is 0 Å². The average molecular weight is 289 g/mol. The van der Waals surface area contributed by atoms with Gasteiger partial charge in [-0.3, -0.25) is 0 Å². The lowest BCUT2D eigenvalue weighted by molar-refractivity contribution is 0.144. The van der Waals surface area contributed by atoms with Crippen LogP contribution in [0.1, 0.15) is 57.1 Å². The van der Waals surface area contributed by atoms with Crippen molar-refractivity contribution in [2.75, 3.05) is 13.7 Å². The Balaban J connectivity index is 2.21. The van der Waals surface area contributed by atoms with Gasteiger partial charge in [0.05, 0.1) is 7.11 Å². The summed E-state index contributed by atoms with van der Waals surface area (Å²) in [6, 6.07) is 7.07. The van der Waals surface area contributed by atoms with Crippen LogP contribution in [0.25, 0.3) is 0 Å². The number of hydrogen-bond donors (Lipinski definition) is 1. The Bertz CT molecular complexity index is 449. The molecule has 0 bridgehead atoms. The van der Waals surface area contributed by atoms with E-state index in [-0.39, 0.29) is 0 Å². The summed E-state index contributed by atoms with van der Waals surface area (Å²) in [5.41, 5.74) is 3.08. The van der Waals surface area contributed by atoms with Crippen molar-refractivity contribution in [3.8, 4) is 5.75 Å². The molecule has 1 aromatic rings. The Kier molecular flexibility index (Phi) is 5.69. The lowest BCUT2D eigenvalue weighted by Gasteiger charge is -2.41. The minimum Gasteiger partial charge on any atom is -0.496 e. The Hall–Kier alpha value is -1.02. The summed E-state index contributed by atoms with van der Waals surface area (Å²) in [4.78, 5) is 0. The molecule has 118 valence electrons. The van der Waals surface area contributed by atoms with Crippen molar-refractivity contribution in [2.45, 2.75) is 65.3 Å². The van der Waals surface area contributed by atoms with Gasteiger partial charge in [0.2, 0.25) is 0 Å². The standard InChI is InChI=1S/C19H31NO/c1-5-20-18(19(3)11-7-6-8-12-19)14-16-13-15(2)9-10-17(16)21-4/h9-10,13,18,20H,5-8,11-12,14H2,1-4H3. The van der Waals surface area contributed by atoms with Crippen molar-refractivity contribution < 1.29 is 4.74 Å². The zero-order chi connectivity index (χ0) is 15.3. The van der Waals surface area contributed by atoms with E-state index in [9.17, 15) is 0 Å². The monoisotopic (exact) mass is 289 g/mol. The summed E-state index contributed by atoms with van der Waals surface area (Å²) in [5.74, 6) is 1.03. The van der Waals surface area contributed by atoms with Gasteiger partial charge in [0.1, 0.15) is 5.75 Å². The van der Waals surface area contributed by atoms with Crippen molar-refractivity contribution in [3.63, 3.8) is 0 Å². The number of rotatable bonds is 6. The van der Waals surface area contributed by atoms with Gasteiger partial charge in [0.25, 0.3) is 0 Å². The molecule has 0 aromatic heterocycles. The topological polar surface area (TPSA) is 21.3 Å². The van der Waals surface area contributed by atoms with Crippen molar-refractivity contribution in [1.29, 1.82) is 0 Å². The first kappa shape index (κ1) is 16.4. The molecule has 21 heavy (non-hydrogen) atoms. The van der Waals surface area contributed by atoms with Crippen LogP contribution >= 0.6 is 0 Å². The maximum atomic E-state index is 5.57. The second kappa shape index (κ2) is 7.31. The molecule has 0 saturated heterocycles. The fourth-order valence-corrected chi connectivity index (χ4v) is 3.81. The molecule has 0 heterocycles. The van der Waals surface area contributed by atoms with Gasteiger partial charge in [-0.25, -0.2) is 0 Å². The molecule has 2 rings (SSSR count). The molecule has 1 N–H and O–H groups in total. The first-order chi connectivity index (χ1) is 10.1. The first-order valence-electron chi connectivity index (χ1n) is 8.46. The molecule has 1 atom stereocenters. The molecular weight excluding hydrogens is 258 g/mol. The molecule has 0 spiro atoms. The lowest BCUT2D eigenvalue weighted by atomic mass is 9.69. The van der Waals surface area contributed by atoms with Gasteiger partial charge in [-0.15, -0.1) is 0 Å². The minimum absolute atomic E-state index is 0.420. The third-order valence-corrected chi connectivity index (χ3v) is 5.15. The zero-order valence-electron chi connectivity index (χ0n) is 14.2. The molecule has 1 aromatic carbocycles. The zero-order valence-corrected chi connectivity index (χ0v) is 14.2. The highest BCUT2D eigenvalue weighted by Crippen LogP contribution is 2.40. The Morgan fingerprint density at radius 2 is 1.95 bits per heavy atom. The van der Waals surface area contributed by atoms with Crippen LogP contribution in [0, 0.1) is 12.3 Å². The number of methoxy groups -OCH3 is 1. The highest BCUT2D eigenvalue weighted by atomic mass is 16.5. The predicted octanol–water partition coefficient (Wildman–Crippen LogP) is 4.49. The highest BCUT2D eigenvalue weighted by molar-refractivity contribution is 5.37. The quantitative estimate of drug-likeness (QED) is 0.833. The molecule has 0 radical (unpaired) electrons. The fourth-order valence-electron chi connectivity index (χ4n) is 3.81. The summed E-state index contributed by atoms with van der Waals surface area (Å²) in [6.07, 6.45) is 7.92. The van der Waals surface area contributed by atoms with Crippen LogP contribution in [-0.2, 0) is 6.42 Å². The van der Waals surface area contributed by atoms with E-state index in [1.807, 2.05) is 0 Å². The summed E-state index contributed by atoms with van der Waals surface area (Å²) in [5, 5.41) is 3.76. The molecule has 1 unspecified atom stereocenters. The average Bonchev–Trinajstić information content (AvgIpc) is 2.48. The van der Waals surface area contributed by atoms with Gasteiger partial charge in [-0.1, -0.05) is 50.8 Å². The third-order valence-electron chi connectivity index (χ3n) is 5.15. The van der Waals surface area contributed by atoms with Crippen molar-refractivity contribution in [1.82, 2.24) is 5.32 Å². The van der Waals surface area contributed by atoms with E-state index in [0.29, 0.717) is 11.5 Å².